The summed E-state index contributed by atoms with van der Waals surface area (Å²) in [6.45, 7) is 7.41. The number of nitrogens with zero attached hydrogens (tertiary/aromatic N) is 2. The molecule has 2 amide bonds. The van der Waals surface area contributed by atoms with Crippen molar-refractivity contribution in [3.8, 4) is 0 Å². The van der Waals surface area contributed by atoms with E-state index in [9.17, 15) is 14.4 Å². The molecule has 0 spiro atoms. The topological polar surface area (TPSA) is 118 Å². The van der Waals surface area contributed by atoms with Crippen molar-refractivity contribution in [3.05, 3.63) is 34.6 Å². The predicted molar refractivity (Wildman–Crippen MR) is 119 cm³/mol. The minimum Gasteiger partial charge on any atom is -0.444 e. The van der Waals surface area contributed by atoms with Gasteiger partial charge in [0.2, 0.25) is 5.91 Å². The number of thioether (sulfide) groups is 1. The van der Waals surface area contributed by atoms with Gasteiger partial charge >= 0.3 is 6.09 Å². The summed E-state index contributed by atoms with van der Waals surface area (Å²) in [5.41, 5.74) is 5.15. The number of aromatic nitrogens is 2. The number of nitrogens with one attached hydrogen (secondary N) is 1. The lowest BCUT2D eigenvalue weighted by molar-refractivity contribution is -0.117. The van der Waals surface area contributed by atoms with Crippen molar-refractivity contribution in [3.63, 3.8) is 0 Å². The Morgan fingerprint density at radius 2 is 1.87 bits per heavy atom. The van der Waals surface area contributed by atoms with Crippen molar-refractivity contribution in [2.45, 2.75) is 57.2 Å². The van der Waals surface area contributed by atoms with Crippen LogP contribution in [-0.4, -0.2) is 51.3 Å². The summed E-state index contributed by atoms with van der Waals surface area (Å²) in [5.74, 6) is 0.150. The monoisotopic (exact) mass is 434 g/mol. The van der Waals surface area contributed by atoms with Gasteiger partial charge in [0, 0.05) is 25.3 Å². The molecule has 0 atom stereocenters. The molecular weight excluding hydrogens is 404 g/mol. The van der Waals surface area contributed by atoms with E-state index in [1.165, 1.54) is 18.2 Å². The molecule has 8 nitrogen and oxygen atoms in total. The molecule has 2 aromatic rings. The molecule has 1 aromatic heterocycles. The molecule has 1 aliphatic heterocycles. The molecule has 1 aromatic carbocycles. The van der Waals surface area contributed by atoms with Crippen LogP contribution in [0.1, 0.15) is 46.5 Å². The average molecular weight is 435 g/mol. The lowest BCUT2D eigenvalue weighted by Gasteiger charge is -2.29. The van der Waals surface area contributed by atoms with Gasteiger partial charge in [-0.15, -0.1) is 0 Å². The van der Waals surface area contributed by atoms with Crippen LogP contribution in [-0.2, 0) is 9.53 Å². The molecule has 164 valence electrons. The molecular formula is C21H30N4O4S. The summed E-state index contributed by atoms with van der Waals surface area (Å²) < 4.78 is 5.26. The molecule has 9 heteroatoms. The molecule has 2 heterocycles. The molecule has 0 radical (unpaired) electrons. The maximum atomic E-state index is 11.7. The smallest absolute Gasteiger partial charge is 0.410 e. The standard InChI is InChI=1S/C11H11N3O2S.C10H19NO2/c12-9(15)5-6-17-11-13-8-4-2-1-3-7(8)10(16)14-11;1-10(2,3)13-9(12)11-7-5-4-6-8-11/h1-4H,5-6H2,(H2,12,15)(H,13,14,16);4-8H2,1-3H3. The highest BCUT2D eigenvalue weighted by atomic mass is 32.2. The van der Waals surface area contributed by atoms with E-state index in [1.807, 2.05) is 26.8 Å². The Labute approximate surface area is 180 Å². The fourth-order valence-electron chi connectivity index (χ4n) is 2.78. The number of ether oxygens (including phenoxy) is 1. The summed E-state index contributed by atoms with van der Waals surface area (Å²) in [5, 5.41) is 1.07. The van der Waals surface area contributed by atoms with E-state index in [0.717, 1.165) is 25.9 Å². The average Bonchev–Trinajstić information content (AvgIpc) is 2.68. The van der Waals surface area contributed by atoms with Crippen LogP contribution in [0.4, 0.5) is 4.79 Å². The van der Waals surface area contributed by atoms with Crippen molar-refractivity contribution >= 4 is 34.7 Å². The number of hydrogen-bond donors (Lipinski definition) is 2. The van der Waals surface area contributed by atoms with Gasteiger partial charge in [0.15, 0.2) is 5.16 Å². The fourth-order valence-corrected chi connectivity index (χ4v) is 3.61. The molecule has 0 bridgehead atoms. The van der Waals surface area contributed by atoms with E-state index < -0.39 is 0 Å². The van der Waals surface area contributed by atoms with Crippen LogP contribution in [0.25, 0.3) is 10.9 Å². The summed E-state index contributed by atoms with van der Waals surface area (Å²) in [6, 6.07) is 7.12. The van der Waals surface area contributed by atoms with Gasteiger partial charge in [-0.2, -0.15) is 0 Å². The number of nitrogens with two attached hydrogens (primary N) is 1. The van der Waals surface area contributed by atoms with Crippen LogP contribution in [0.3, 0.4) is 0 Å². The molecule has 0 saturated carbocycles. The summed E-state index contributed by atoms with van der Waals surface area (Å²) in [7, 11) is 0. The maximum Gasteiger partial charge on any atom is 0.410 e. The number of carbonyl (C=O) groups excluding carboxylic acids is 2. The minimum atomic E-state index is -0.367. The first kappa shape index (κ1) is 23.7. The van der Waals surface area contributed by atoms with Crippen molar-refractivity contribution in [1.82, 2.24) is 14.9 Å². The highest BCUT2D eigenvalue weighted by Crippen LogP contribution is 2.15. The van der Waals surface area contributed by atoms with E-state index in [4.69, 9.17) is 10.5 Å². The Morgan fingerprint density at radius 3 is 2.50 bits per heavy atom. The number of benzene rings is 1. The molecule has 0 aliphatic carbocycles. The number of aromatic amines is 1. The number of primary amides is 1. The van der Waals surface area contributed by atoms with Gasteiger partial charge in [0.05, 0.1) is 10.9 Å². The second-order valence-corrected chi connectivity index (χ2v) is 9.06. The van der Waals surface area contributed by atoms with E-state index in [1.54, 1.807) is 23.1 Å². The SMILES string of the molecule is CC(C)(C)OC(=O)N1CCCCC1.NC(=O)CCSc1nc2ccccc2c(=O)[nH]1. The Balaban J connectivity index is 0.000000222. The van der Waals surface area contributed by atoms with Crippen LogP contribution >= 0.6 is 11.8 Å². The Morgan fingerprint density at radius 1 is 1.20 bits per heavy atom. The van der Waals surface area contributed by atoms with Gasteiger partial charge in [-0.05, 0) is 52.2 Å². The Kier molecular flexibility index (Phi) is 8.71. The van der Waals surface area contributed by atoms with Crippen LogP contribution in [0.2, 0.25) is 0 Å². The van der Waals surface area contributed by atoms with Crippen LogP contribution in [0.15, 0.2) is 34.2 Å². The van der Waals surface area contributed by atoms with Crippen LogP contribution < -0.4 is 11.3 Å². The van der Waals surface area contributed by atoms with Gasteiger partial charge in [-0.1, -0.05) is 23.9 Å². The number of fused-ring (bicyclic) bond motifs is 1. The second kappa shape index (κ2) is 11.0. The zero-order chi connectivity index (χ0) is 22.1. The third-order valence-corrected chi connectivity index (χ3v) is 5.06. The van der Waals surface area contributed by atoms with Crippen LogP contribution in [0, 0.1) is 0 Å². The highest BCUT2D eigenvalue weighted by Gasteiger charge is 2.22. The highest BCUT2D eigenvalue weighted by molar-refractivity contribution is 7.99. The predicted octanol–water partition coefficient (Wildman–Crippen LogP) is 3.30. The van der Waals surface area contributed by atoms with Crippen molar-refractivity contribution in [2.24, 2.45) is 5.73 Å². The fraction of sp³-hybridized carbons (Fsp3) is 0.524. The van der Waals surface area contributed by atoms with Crippen molar-refractivity contribution in [2.75, 3.05) is 18.8 Å². The number of rotatable bonds is 4. The third kappa shape index (κ3) is 8.06. The number of para-hydroxylation sites is 1. The van der Waals surface area contributed by atoms with Crippen molar-refractivity contribution < 1.29 is 14.3 Å². The van der Waals surface area contributed by atoms with Gasteiger partial charge in [0.25, 0.3) is 5.56 Å². The molecule has 0 unspecified atom stereocenters. The maximum absolute atomic E-state index is 11.7. The number of amides is 2. The van der Waals surface area contributed by atoms with E-state index in [2.05, 4.69) is 9.97 Å². The number of H-pyrrole nitrogens is 1. The van der Waals surface area contributed by atoms with Gasteiger partial charge in [-0.25, -0.2) is 9.78 Å². The Bertz CT molecular complexity index is 917. The summed E-state index contributed by atoms with van der Waals surface area (Å²) in [6.07, 6.45) is 3.56. The van der Waals surface area contributed by atoms with E-state index in [0.29, 0.717) is 21.8 Å². The largest absolute Gasteiger partial charge is 0.444 e. The summed E-state index contributed by atoms with van der Waals surface area (Å²) >= 11 is 1.31. The second-order valence-electron chi connectivity index (χ2n) is 7.98. The molecule has 30 heavy (non-hydrogen) atoms. The number of piperidine rings is 1. The third-order valence-electron chi connectivity index (χ3n) is 4.19. The normalized spacial score (nSPS) is 14.0. The molecule has 1 aliphatic rings. The van der Waals surface area contributed by atoms with E-state index >= 15 is 0 Å². The van der Waals surface area contributed by atoms with Gasteiger partial charge < -0.3 is 20.4 Å². The van der Waals surface area contributed by atoms with E-state index in [-0.39, 0.29) is 29.6 Å². The molecule has 1 saturated heterocycles. The van der Waals surface area contributed by atoms with Gasteiger partial charge in [-0.3, -0.25) is 9.59 Å². The van der Waals surface area contributed by atoms with Crippen LogP contribution in [0.5, 0.6) is 0 Å². The lowest BCUT2D eigenvalue weighted by Crippen LogP contribution is -2.39. The zero-order valence-corrected chi connectivity index (χ0v) is 18.6. The Hall–Kier alpha value is -2.55. The first-order valence-electron chi connectivity index (χ1n) is 10.0. The van der Waals surface area contributed by atoms with Crippen molar-refractivity contribution in [1.29, 1.82) is 0 Å². The van der Waals surface area contributed by atoms with Gasteiger partial charge in [0.1, 0.15) is 5.60 Å². The first-order chi connectivity index (χ1) is 14.2. The number of likely N-dealkylation sites (tertiary alicyclic amines) is 1. The quantitative estimate of drug-likeness (QED) is 0.563. The number of carbonyl (C=O) groups is 2. The molecule has 1 fully saturated rings. The number of hydrogen-bond acceptors (Lipinski definition) is 6. The zero-order valence-electron chi connectivity index (χ0n) is 17.8. The summed E-state index contributed by atoms with van der Waals surface area (Å²) in [4.78, 5) is 42.6. The minimum absolute atomic E-state index is 0.160. The molecule has 3 rings (SSSR count). The lowest BCUT2D eigenvalue weighted by atomic mass is 10.1. The molecule has 3 N–H and O–H groups in total. The first-order valence-corrected chi connectivity index (χ1v) is 11.0.